The second kappa shape index (κ2) is 6.90. The van der Waals surface area contributed by atoms with Gasteiger partial charge in [-0.15, -0.1) is 5.10 Å². The van der Waals surface area contributed by atoms with E-state index in [0.29, 0.717) is 4.90 Å². The van der Waals surface area contributed by atoms with E-state index in [1.165, 1.54) is 0 Å². The number of nitrogens with zero attached hydrogens (tertiary/aromatic N) is 4. The van der Waals surface area contributed by atoms with Crippen molar-refractivity contribution in [3.8, 4) is 0 Å². The Morgan fingerprint density at radius 1 is 1.48 bits per heavy atom. The molecule has 0 saturated heterocycles. The quantitative estimate of drug-likeness (QED) is 0.731. The second-order valence-corrected chi connectivity index (χ2v) is 4.06. The fourth-order valence-electron chi connectivity index (χ4n) is 1.46. The summed E-state index contributed by atoms with van der Waals surface area (Å²) in [4.78, 5) is 26.9. The van der Waals surface area contributed by atoms with Gasteiger partial charge < -0.3 is 15.4 Å². The topological polar surface area (TPSA) is 103 Å². The van der Waals surface area contributed by atoms with Gasteiger partial charge in [0.05, 0.1) is 13.5 Å². The molecule has 0 aliphatic rings. The molecule has 1 aromatic heterocycles. The number of halogens is 3. The number of nitrogen functional groups attached to an aromatic ring is 1. The van der Waals surface area contributed by atoms with Gasteiger partial charge in [-0.1, -0.05) is 0 Å². The molecule has 0 spiro atoms. The highest BCUT2D eigenvalue weighted by molar-refractivity contribution is 5.77. The third kappa shape index (κ3) is 6.10. The van der Waals surface area contributed by atoms with Crippen LogP contribution in [-0.4, -0.2) is 57.9 Å². The number of rotatable bonds is 6. The van der Waals surface area contributed by atoms with E-state index in [4.69, 9.17) is 5.73 Å². The molecule has 0 aromatic carbocycles. The molecule has 0 atom stereocenters. The third-order valence-corrected chi connectivity index (χ3v) is 2.39. The summed E-state index contributed by atoms with van der Waals surface area (Å²) in [6.07, 6.45) is -3.79. The van der Waals surface area contributed by atoms with E-state index in [9.17, 15) is 22.8 Å². The lowest BCUT2D eigenvalue weighted by Crippen LogP contribution is -2.42. The minimum absolute atomic E-state index is 0.0975. The van der Waals surface area contributed by atoms with E-state index in [1.54, 1.807) is 0 Å². The van der Waals surface area contributed by atoms with Crippen LogP contribution in [0.25, 0.3) is 0 Å². The highest BCUT2D eigenvalue weighted by atomic mass is 19.4. The van der Waals surface area contributed by atoms with Gasteiger partial charge in [-0.3, -0.25) is 9.59 Å². The molecule has 0 aliphatic heterocycles. The summed E-state index contributed by atoms with van der Waals surface area (Å²) in [5, 5.41) is 3.60. The molecular formula is C10H14F3N5O3. The average molecular weight is 309 g/mol. The molecule has 1 heterocycles. The van der Waals surface area contributed by atoms with E-state index >= 15 is 0 Å². The summed E-state index contributed by atoms with van der Waals surface area (Å²) in [7, 11) is 1.11. The fraction of sp³-hybridized carbons (Fsp3) is 0.600. The van der Waals surface area contributed by atoms with Crippen molar-refractivity contribution in [2.75, 3.05) is 25.9 Å². The zero-order valence-corrected chi connectivity index (χ0v) is 11.1. The maximum atomic E-state index is 12.5. The number of amides is 1. The normalized spacial score (nSPS) is 11.2. The molecule has 0 unspecified atom stereocenters. The number of methoxy groups -OCH3 is 1. The van der Waals surface area contributed by atoms with Crippen LogP contribution in [0, 0.1) is 0 Å². The number of carbonyl (C=O) groups excluding carboxylic acids is 2. The van der Waals surface area contributed by atoms with Crippen molar-refractivity contribution in [3.05, 3.63) is 6.33 Å². The van der Waals surface area contributed by atoms with Crippen LogP contribution in [0.5, 0.6) is 0 Å². The Morgan fingerprint density at radius 3 is 2.62 bits per heavy atom. The fourth-order valence-corrected chi connectivity index (χ4v) is 1.46. The summed E-state index contributed by atoms with van der Waals surface area (Å²) in [6.45, 7) is -2.33. The number of nitrogens with two attached hydrogens (primary N) is 1. The van der Waals surface area contributed by atoms with E-state index in [2.05, 4.69) is 14.8 Å². The van der Waals surface area contributed by atoms with Gasteiger partial charge >= 0.3 is 12.1 Å². The summed E-state index contributed by atoms with van der Waals surface area (Å²) in [6, 6.07) is 0. The minimum Gasteiger partial charge on any atom is -0.469 e. The number of aromatic nitrogens is 3. The Labute approximate surface area is 117 Å². The van der Waals surface area contributed by atoms with Crippen LogP contribution in [0.2, 0.25) is 0 Å². The highest BCUT2D eigenvalue weighted by Crippen LogP contribution is 2.17. The van der Waals surface area contributed by atoms with Gasteiger partial charge in [-0.2, -0.15) is 13.2 Å². The predicted molar refractivity (Wildman–Crippen MR) is 63.7 cm³/mol. The molecule has 0 saturated carbocycles. The molecule has 1 amide bonds. The van der Waals surface area contributed by atoms with Gasteiger partial charge in [-0.05, 0) is 0 Å². The van der Waals surface area contributed by atoms with Crippen LogP contribution in [0.3, 0.4) is 0 Å². The summed E-state index contributed by atoms with van der Waals surface area (Å²) >= 11 is 0. The standard InChI is InChI=1S/C10H14F3N5O3/c1-21-8(20)2-3-17(5-10(11,12)13)7(19)4-18-6-15-9(14)16-18/h6H,2-5H2,1H3,(H2,14,16). The monoisotopic (exact) mass is 309 g/mol. The van der Waals surface area contributed by atoms with Gasteiger partial charge in [0.1, 0.15) is 19.4 Å². The van der Waals surface area contributed by atoms with E-state index in [-0.39, 0.29) is 12.4 Å². The highest BCUT2D eigenvalue weighted by Gasteiger charge is 2.33. The lowest BCUT2D eigenvalue weighted by atomic mass is 10.3. The first-order chi connectivity index (χ1) is 9.71. The molecule has 118 valence electrons. The smallest absolute Gasteiger partial charge is 0.406 e. The molecular weight excluding hydrogens is 295 g/mol. The first kappa shape index (κ1) is 16.7. The van der Waals surface area contributed by atoms with Gasteiger partial charge in [0.25, 0.3) is 0 Å². The van der Waals surface area contributed by atoms with Crippen molar-refractivity contribution < 1.29 is 27.5 Å². The van der Waals surface area contributed by atoms with Gasteiger partial charge in [-0.25, -0.2) is 9.67 Å². The summed E-state index contributed by atoms with van der Waals surface area (Å²) < 4.78 is 42.7. The average Bonchev–Trinajstić information content (AvgIpc) is 2.78. The number of carbonyl (C=O) groups is 2. The van der Waals surface area contributed by atoms with Gasteiger partial charge in [0, 0.05) is 6.54 Å². The summed E-state index contributed by atoms with van der Waals surface area (Å²) in [5.41, 5.74) is 5.24. The van der Waals surface area contributed by atoms with Crippen LogP contribution in [-0.2, 0) is 20.9 Å². The molecule has 1 rings (SSSR count). The molecule has 8 nitrogen and oxygen atoms in total. The summed E-state index contributed by atoms with van der Waals surface area (Å²) in [5.74, 6) is -1.67. The maximum absolute atomic E-state index is 12.5. The lowest BCUT2D eigenvalue weighted by Gasteiger charge is -2.23. The number of hydrogen-bond acceptors (Lipinski definition) is 6. The minimum atomic E-state index is -4.58. The number of esters is 1. The van der Waals surface area contributed by atoms with Gasteiger partial charge in [0.15, 0.2) is 0 Å². The first-order valence-electron chi connectivity index (χ1n) is 5.77. The Kier molecular flexibility index (Phi) is 5.50. The lowest BCUT2D eigenvalue weighted by molar-refractivity contribution is -0.163. The molecule has 2 N–H and O–H groups in total. The number of ether oxygens (including phenoxy) is 1. The largest absolute Gasteiger partial charge is 0.469 e. The maximum Gasteiger partial charge on any atom is 0.406 e. The number of alkyl halides is 3. The Morgan fingerprint density at radius 2 is 2.14 bits per heavy atom. The molecule has 1 aromatic rings. The Balaban J connectivity index is 2.69. The van der Waals surface area contributed by atoms with Crippen LogP contribution in [0.15, 0.2) is 6.33 Å². The van der Waals surface area contributed by atoms with Crippen LogP contribution in [0.4, 0.5) is 19.1 Å². The molecule has 0 fully saturated rings. The number of anilines is 1. The molecule has 0 aliphatic carbocycles. The van der Waals surface area contributed by atoms with Crippen molar-refractivity contribution >= 4 is 17.8 Å². The van der Waals surface area contributed by atoms with Crippen LogP contribution in [0.1, 0.15) is 6.42 Å². The van der Waals surface area contributed by atoms with E-state index < -0.39 is 37.7 Å². The van der Waals surface area contributed by atoms with Crippen molar-refractivity contribution in [2.45, 2.75) is 19.1 Å². The molecule has 0 bridgehead atoms. The van der Waals surface area contributed by atoms with Crippen molar-refractivity contribution in [3.63, 3.8) is 0 Å². The van der Waals surface area contributed by atoms with Gasteiger partial charge in [0.2, 0.25) is 11.9 Å². The Bertz CT molecular complexity index is 502. The van der Waals surface area contributed by atoms with Crippen molar-refractivity contribution in [1.82, 2.24) is 19.7 Å². The Hall–Kier alpha value is -2.33. The second-order valence-electron chi connectivity index (χ2n) is 4.06. The van der Waals surface area contributed by atoms with Crippen molar-refractivity contribution in [1.29, 1.82) is 0 Å². The third-order valence-electron chi connectivity index (χ3n) is 2.39. The van der Waals surface area contributed by atoms with E-state index in [0.717, 1.165) is 18.1 Å². The zero-order chi connectivity index (χ0) is 16.0. The van der Waals surface area contributed by atoms with Crippen LogP contribution >= 0.6 is 0 Å². The first-order valence-corrected chi connectivity index (χ1v) is 5.77. The van der Waals surface area contributed by atoms with Crippen LogP contribution < -0.4 is 5.73 Å². The predicted octanol–water partition coefficient (Wildman–Crippen LogP) is -0.186. The number of hydrogen-bond donors (Lipinski definition) is 1. The molecule has 21 heavy (non-hydrogen) atoms. The van der Waals surface area contributed by atoms with Crippen molar-refractivity contribution in [2.24, 2.45) is 0 Å². The SMILES string of the molecule is COC(=O)CCN(CC(F)(F)F)C(=O)Cn1cnc(N)n1. The zero-order valence-electron chi connectivity index (χ0n) is 11.1. The molecule has 11 heteroatoms. The van der Waals surface area contributed by atoms with E-state index in [1.807, 2.05) is 0 Å². The molecule has 0 radical (unpaired) electrons.